The number of anilines is 2. The van der Waals surface area contributed by atoms with E-state index < -0.39 is 35.4 Å². The predicted octanol–water partition coefficient (Wildman–Crippen LogP) is 3.83. The fourth-order valence-electron chi connectivity index (χ4n) is 4.36. The molecule has 2 heterocycles. The van der Waals surface area contributed by atoms with E-state index in [-0.39, 0.29) is 23.1 Å². The molecule has 0 spiro atoms. The smallest absolute Gasteiger partial charge is 0.370 e. The van der Waals surface area contributed by atoms with Gasteiger partial charge in [0.1, 0.15) is 6.54 Å². The first-order chi connectivity index (χ1) is 16.2. The summed E-state index contributed by atoms with van der Waals surface area (Å²) >= 11 is 0. The van der Waals surface area contributed by atoms with Crippen molar-refractivity contribution in [1.82, 2.24) is 9.13 Å². The zero-order valence-corrected chi connectivity index (χ0v) is 18.7. The Morgan fingerprint density at radius 2 is 1.71 bits per heavy atom. The average Bonchev–Trinajstić information content (AvgIpc) is 2.82. The molecule has 3 aromatic rings. The van der Waals surface area contributed by atoms with E-state index in [9.17, 15) is 27.6 Å². The molecule has 1 fully saturated rings. The second kappa shape index (κ2) is 9.36. The normalized spacial score (nSPS) is 14.4. The summed E-state index contributed by atoms with van der Waals surface area (Å²) in [6.45, 7) is 2.68. The number of nitrogens with zero attached hydrogens (tertiary/aromatic N) is 3. The zero-order valence-electron chi connectivity index (χ0n) is 18.7. The Hall–Kier alpha value is -3.56. The van der Waals surface area contributed by atoms with Gasteiger partial charge in [-0.15, -0.1) is 0 Å². The van der Waals surface area contributed by atoms with Crippen LogP contribution in [-0.4, -0.2) is 28.1 Å². The number of halogens is 3. The van der Waals surface area contributed by atoms with Crippen molar-refractivity contribution < 1.29 is 18.0 Å². The standard InChI is InChI=1S/C24H25F3N4O3/c1-2-30-22(33)17-8-4-5-9-19(17)31(23(30)34)15-21(32)28-18-14-16(24(25,26)27)10-11-20(18)29-12-6-3-7-13-29/h4-5,8-11,14H,2-3,6-7,12-13,15H2,1H3,(H,28,32). The molecule has 1 aromatic heterocycles. The van der Waals surface area contributed by atoms with Crippen LogP contribution in [0.4, 0.5) is 24.5 Å². The SMILES string of the molecule is CCn1c(=O)c2ccccc2n(CC(=O)Nc2cc(C(F)(F)F)ccc2N2CCCCC2)c1=O. The second-order valence-corrected chi connectivity index (χ2v) is 8.26. The van der Waals surface area contributed by atoms with Gasteiger partial charge in [-0.2, -0.15) is 13.2 Å². The Bertz CT molecular complexity index is 1340. The molecular weight excluding hydrogens is 449 g/mol. The maximum atomic E-state index is 13.4. The first kappa shape index (κ1) is 23.6. The maximum Gasteiger partial charge on any atom is 0.416 e. The number of hydrogen-bond acceptors (Lipinski definition) is 4. The van der Waals surface area contributed by atoms with Gasteiger partial charge in [-0.05, 0) is 56.5 Å². The number of benzene rings is 2. The van der Waals surface area contributed by atoms with Crippen molar-refractivity contribution in [2.24, 2.45) is 0 Å². The summed E-state index contributed by atoms with van der Waals surface area (Å²) in [5, 5.41) is 2.87. The minimum atomic E-state index is -4.57. The van der Waals surface area contributed by atoms with Gasteiger partial charge in [-0.3, -0.25) is 18.7 Å². The number of aromatic nitrogens is 2. The summed E-state index contributed by atoms with van der Waals surface area (Å²) in [7, 11) is 0. The van der Waals surface area contributed by atoms with E-state index in [1.807, 2.05) is 4.90 Å². The van der Waals surface area contributed by atoms with Gasteiger partial charge < -0.3 is 10.2 Å². The summed E-state index contributed by atoms with van der Waals surface area (Å²) in [5.41, 5.74) is -1.13. The molecule has 4 rings (SSSR count). The first-order valence-electron chi connectivity index (χ1n) is 11.2. The van der Waals surface area contributed by atoms with Crippen LogP contribution < -0.4 is 21.5 Å². The Labute approximate surface area is 193 Å². The van der Waals surface area contributed by atoms with Crippen LogP contribution in [0.3, 0.4) is 0 Å². The quantitative estimate of drug-likeness (QED) is 0.610. The molecule has 0 radical (unpaired) electrons. The Morgan fingerprint density at radius 3 is 2.38 bits per heavy atom. The fraction of sp³-hybridized carbons (Fsp3) is 0.375. The number of carbonyl (C=O) groups is 1. The summed E-state index contributed by atoms with van der Waals surface area (Å²) < 4.78 is 42.3. The van der Waals surface area contributed by atoms with Crippen LogP contribution in [0.25, 0.3) is 10.9 Å². The molecule has 2 aromatic carbocycles. The van der Waals surface area contributed by atoms with E-state index in [2.05, 4.69) is 5.32 Å². The lowest BCUT2D eigenvalue weighted by Gasteiger charge is -2.31. The van der Waals surface area contributed by atoms with E-state index in [1.54, 1.807) is 31.2 Å². The van der Waals surface area contributed by atoms with Crippen LogP contribution in [0.1, 0.15) is 31.7 Å². The lowest BCUT2D eigenvalue weighted by Crippen LogP contribution is -2.41. The van der Waals surface area contributed by atoms with Crippen molar-refractivity contribution >= 4 is 28.2 Å². The highest BCUT2D eigenvalue weighted by atomic mass is 19.4. The highest BCUT2D eigenvalue weighted by Gasteiger charge is 2.32. The lowest BCUT2D eigenvalue weighted by molar-refractivity contribution is -0.137. The van der Waals surface area contributed by atoms with Gasteiger partial charge in [0.15, 0.2) is 0 Å². The largest absolute Gasteiger partial charge is 0.416 e. The van der Waals surface area contributed by atoms with Crippen molar-refractivity contribution in [3.05, 3.63) is 68.9 Å². The van der Waals surface area contributed by atoms with Gasteiger partial charge in [0.25, 0.3) is 5.56 Å². The molecule has 0 aliphatic carbocycles. The number of alkyl halides is 3. The number of piperidine rings is 1. The molecule has 180 valence electrons. The topological polar surface area (TPSA) is 76.3 Å². The maximum absolute atomic E-state index is 13.4. The Morgan fingerprint density at radius 1 is 1.00 bits per heavy atom. The molecule has 0 bridgehead atoms. The third-order valence-electron chi connectivity index (χ3n) is 6.04. The van der Waals surface area contributed by atoms with Crippen LogP contribution in [-0.2, 0) is 24.1 Å². The Kier molecular flexibility index (Phi) is 6.49. The Balaban J connectivity index is 1.72. The first-order valence-corrected chi connectivity index (χ1v) is 11.2. The molecular formula is C24H25F3N4O3. The summed E-state index contributed by atoms with van der Waals surface area (Å²) in [6.07, 6.45) is -1.70. The van der Waals surface area contributed by atoms with Gasteiger partial charge >= 0.3 is 11.9 Å². The monoisotopic (exact) mass is 474 g/mol. The molecule has 1 saturated heterocycles. The van der Waals surface area contributed by atoms with Crippen LogP contribution in [0, 0.1) is 0 Å². The van der Waals surface area contributed by atoms with Crippen molar-refractivity contribution in [1.29, 1.82) is 0 Å². The fourth-order valence-corrected chi connectivity index (χ4v) is 4.36. The van der Waals surface area contributed by atoms with E-state index in [4.69, 9.17) is 0 Å². The van der Waals surface area contributed by atoms with E-state index >= 15 is 0 Å². The predicted molar refractivity (Wildman–Crippen MR) is 124 cm³/mol. The summed E-state index contributed by atoms with van der Waals surface area (Å²) in [5.74, 6) is -0.661. The highest BCUT2D eigenvalue weighted by molar-refractivity contribution is 5.95. The minimum absolute atomic E-state index is 0.0443. The second-order valence-electron chi connectivity index (χ2n) is 8.26. The van der Waals surface area contributed by atoms with Crippen LogP contribution in [0.2, 0.25) is 0 Å². The molecule has 1 N–H and O–H groups in total. The van der Waals surface area contributed by atoms with E-state index in [0.29, 0.717) is 18.8 Å². The molecule has 7 nitrogen and oxygen atoms in total. The third-order valence-corrected chi connectivity index (χ3v) is 6.04. The van der Waals surface area contributed by atoms with Gasteiger partial charge in [0, 0.05) is 19.6 Å². The van der Waals surface area contributed by atoms with E-state index in [1.165, 1.54) is 10.6 Å². The van der Waals surface area contributed by atoms with Gasteiger partial charge in [0.2, 0.25) is 5.91 Å². The number of rotatable bonds is 5. The molecule has 0 unspecified atom stereocenters. The molecule has 1 amide bonds. The average molecular weight is 474 g/mol. The van der Waals surface area contributed by atoms with Crippen LogP contribution in [0.5, 0.6) is 0 Å². The number of carbonyl (C=O) groups excluding carboxylic acids is 1. The number of para-hydroxylation sites is 1. The van der Waals surface area contributed by atoms with Crippen molar-refractivity contribution in [3.8, 4) is 0 Å². The number of nitrogens with one attached hydrogen (secondary N) is 1. The lowest BCUT2D eigenvalue weighted by atomic mass is 10.1. The molecule has 1 aliphatic heterocycles. The molecule has 10 heteroatoms. The number of fused-ring (bicyclic) bond motifs is 1. The molecule has 34 heavy (non-hydrogen) atoms. The number of hydrogen-bond donors (Lipinski definition) is 1. The van der Waals surface area contributed by atoms with Crippen molar-refractivity contribution in [2.75, 3.05) is 23.3 Å². The van der Waals surface area contributed by atoms with Crippen LogP contribution >= 0.6 is 0 Å². The number of amides is 1. The van der Waals surface area contributed by atoms with E-state index in [0.717, 1.165) is 36.0 Å². The van der Waals surface area contributed by atoms with Crippen LogP contribution in [0.15, 0.2) is 52.1 Å². The minimum Gasteiger partial charge on any atom is -0.370 e. The third kappa shape index (κ3) is 4.57. The summed E-state index contributed by atoms with van der Waals surface area (Å²) in [4.78, 5) is 40.5. The van der Waals surface area contributed by atoms with Gasteiger partial charge in [-0.25, -0.2) is 4.79 Å². The van der Waals surface area contributed by atoms with Crippen molar-refractivity contribution in [2.45, 2.75) is 45.5 Å². The van der Waals surface area contributed by atoms with Gasteiger partial charge in [0.05, 0.1) is 27.8 Å². The van der Waals surface area contributed by atoms with Gasteiger partial charge in [-0.1, -0.05) is 12.1 Å². The molecule has 0 saturated carbocycles. The van der Waals surface area contributed by atoms with Crippen molar-refractivity contribution in [3.63, 3.8) is 0 Å². The summed E-state index contributed by atoms with van der Waals surface area (Å²) in [6, 6.07) is 9.75. The highest BCUT2D eigenvalue weighted by Crippen LogP contribution is 2.36. The zero-order chi connectivity index (χ0) is 24.5. The molecule has 0 atom stereocenters. The molecule has 1 aliphatic rings.